The molecule has 0 radical (unpaired) electrons. The van der Waals surface area contributed by atoms with E-state index in [1.807, 2.05) is 21.0 Å². The first-order valence-electron chi connectivity index (χ1n) is 15.7. The second-order valence-electron chi connectivity index (χ2n) is 13.6. The molecular weight excluding hydrogens is 578 g/mol. The number of piperidine rings is 1. The van der Waals surface area contributed by atoms with E-state index in [4.69, 9.17) is 9.72 Å². The minimum atomic E-state index is -0.697. The van der Waals surface area contributed by atoms with Crippen LogP contribution in [0, 0.1) is 17.0 Å². The first-order chi connectivity index (χ1) is 21.5. The quantitative estimate of drug-likeness (QED) is 0.309. The molecule has 1 saturated carbocycles. The molecule has 1 amide bonds. The van der Waals surface area contributed by atoms with Crippen molar-refractivity contribution in [2.45, 2.75) is 57.4 Å². The van der Waals surface area contributed by atoms with Gasteiger partial charge in [0.25, 0.3) is 0 Å². The molecule has 2 fully saturated rings. The molecule has 11 heteroatoms. The Balaban J connectivity index is 1.44. The lowest BCUT2D eigenvalue weighted by molar-refractivity contribution is -0.123. The first kappa shape index (κ1) is 29.6. The molecule has 2 aromatic carbocycles. The standard InChI is InChI=1S/C34H38F2N6O3/c1-33-10-5-13-42(17-33)31-24-16-37-29(28(36)30(24)38-32(39-31)45-19-34(11-12-34)18-41(2)3)23-15-21(43)14-20-8-9-25(35)22(27(20)23)6-4-7-26(44)40-33/h8-9,14-16,43H,4-7,10-13,17-19H2,1-3H3,(H,40,44)/t33-/m1/s1. The average molecular weight is 617 g/mol. The molecule has 2 aromatic heterocycles. The molecule has 9 nitrogen and oxygen atoms in total. The van der Waals surface area contributed by atoms with Gasteiger partial charge in [0, 0.05) is 43.2 Å². The summed E-state index contributed by atoms with van der Waals surface area (Å²) in [6.45, 7) is 4.40. The highest BCUT2D eigenvalue weighted by Crippen LogP contribution is 2.46. The van der Waals surface area contributed by atoms with Crippen LogP contribution in [0.1, 0.15) is 51.0 Å². The molecule has 0 spiro atoms. The summed E-state index contributed by atoms with van der Waals surface area (Å²) in [5.41, 5.74) is 0.0524. The van der Waals surface area contributed by atoms with E-state index in [0.29, 0.717) is 53.7 Å². The van der Waals surface area contributed by atoms with Gasteiger partial charge < -0.3 is 25.0 Å². The number of phenols is 1. The number of pyridine rings is 1. The summed E-state index contributed by atoms with van der Waals surface area (Å²) in [6.07, 6.45) is 6.04. The Labute approximate surface area is 260 Å². The van der Waals surface area contributed by atoms with Gasteiger partial charge in [0.2, 0.25) is 5.91 Å². The number of aromatic hydroxyl groups is 1. The van der Waals surface area contributed by atoms with E-state index in [1.165, 1.54) is 18.2 Å². The molecule has 1 saturated heterocycles. The molecule has 236 valence electrons. The van der Waals surface area contributed by atoms with E-state index in [1.54, 1.807) is 12.3 Å². The monoisotopic (exact) mass is 616 g/mol. The number of phenolic OH excluding ortho intramolecular Hbond substituents is 1. The van der Waals surface area contributed by atoms with Crippen molar-refractivity contribution in [2.24, 2.45) is 5.41 Å². The van der Waals surface area contributed by atoms with Crippen LogP contribution in [0.5, 0.6) is 11.8 Å². The van der Waals surface area contributed by atoms with Crippen LogP contribution in [-0.2, 0) is 11.2 Å². The van der Waals surface area contributed by atoms with Crippen molar-refractivity contribution in [1.29, 1.82) is 0 Å². The summed E-state index contributed by atoms with van der Waals surface area (Å²) in [6, 6.07) is 5.90. The number of aromatic nitrogens is 3. The molecule has 6 bridgehead atoms. The van der Waals surface area contributed by atoms with Crippen molar-refractivity contribution in [3.8, 4) is 23.0 Å². The lowest BCUT2D eigenvalue weighted by atomic mass is 9.90. The average Bonchev–Trinajstić information content (AvgIpc) is 3.75. The zero-order valence-electron chi connectivity index (χ0n) is 25.9. The number of carbonyl (C=O) groups excluding carboxylic acids is 1. The van der Waals surface area contributed by atoms with Gasteiger partial charge >= 0.3 is 6.01 Å². The highest BCUT2D eigenvalue weighted by molar-refractivity contribution is 6.02. The number of anilines is 1. The maximum absolute atomic E-state index is 16.8. The molecule has 8 rings (SSSR count). The highest BCUT2D eigenvalue weighted by Gasteiger charge is 2.44. The fourth-order valence-corrected chi connectivity index (χ4v) is 7.21. The molecular formula is C34H38F2N6O3. The van der Waals surface area contributed by atoms with Crippen LogP contribution in [0.3, 0.4) is 0 Å². The third-order valence-electron chi connectivity index (χ3n) is 9.44. The van der Waals surface area contributed by atoms with Crippen LogP contribution >= 0.6 is 0 Å². The molecule has 1 aliphatic carbocycles. The molecule has 5 heterocycles. The van der Waals surface area contributed by atoms with Gasteiger partial charge in [-0.15, -0.1) is 0 Å². The minimum Gasteiger partial charge on any atom is -0.508 e. The number of nitrogens with one attached hydrogen (secondary N) is 1. The molecule has 1 atom stereocenters. The van der Waals surface area contributed by atoms with Crippen LogP contribution < -0.4 is 15.0 Å². The number of amides is 1. The van der Waals surface area contributed by atoms with Gasteiger partial charge in [-0.2, -0.15) is 9.97 Å². The van der Waals surface area contributed by atoms with E-state index >= 15 is 8.78 Å². The maximum Gasteiger partial charge on any atom is 0.319 e. The number of aryl methyl sites for hydroxylation is 1. The van der Waals surface area contributed by atoms with Gasteiger partial charge in [-0.05, 0) is 94.1 Å². The molecule has 3 aliphatic heterocycles. The topological polar surface area (TPSA) is 104 Å². The van der Waals surface area contributed by atoms with Gasteiger partial charge in [0.05, 0.1) is 17.5 Å². The molecule has 4 aromatic rings. The summed E-state index contributed by atoms with van der Waals surface area (Å²) in [5.74, 6) is -0.865. The summed E-state index contributed by atoms with van der Waals surface area (Å²) >= 11 is 0. The SMILES string of the molecule is CN(C)CC1(COc2nc3c4cnc(c(F)c4n2)-c2cc(O)cc4ccc(F)c(c24)CCCC(=O)N[C@]2(C)CCCN3C2)CC1. The lowest BCUT2D eigenvalue weighted by Gasteiger charge is -2.42. The number of hydrogen-bond acceptors (Lipinski definition) is 8. The number of benzene rings is 2. The van der Waals surface area contributed by atoms with Crippen LogP contribution in [-0.4, -0.2) is 76.7 Å². The normalized spacial score (nSPS) is 21.1. The Morgan fingerprint density at radius 3 is 2.71 bits per heavy atom. The van der Waals surface area contributed by atoms with Crippen molar-refractivity contribution in [3.63, 3.8) is 0 Å². The highest BCUT2D eigenvalue weighted by atomic mass is 19.1. The van der Waals surface area contributed by atoms with E-state index < -0.39 is 17.2 Å². The van der Waals surface area contributed by atoms with E-state index in [9.17, 15) is 9.90 Å². The largest absolute Gasteiger partial charge is 0.508 e. The third kappa shape index (κ3) is 5.62. The number of fused-ring (bicyclic) bond motifs is 5. The third-order valence-corrected chi connectivity index (χ3v) is 9.44. The summed E-state index contributed by atoms with van der Waals surface area (Å²) in [7, 11) is 4.06. The Morgan fingerprint density at radius 2 is 1.93 bits per heavy atom. The zero-order chi connectivity index (χ0) is 31.5. The second-order valence-corrected chi connectivity index (χ2v) is 13.6. The smallest absolute Gasteiger partial charge is 0.319 e. The Kier molecular flexibility index (Phi) is 7.26. The lowest BCUT2D eigenvalue weighted by Crippen LogP contribution is -2.57. The Bertz CT molecular complexity index is 1830. The number of rotatable bonds is 5. The van der Waals surface area contributed by atoms with Gasteiger partial charge in [-0.1, -0.05) is 6.07 Å². The maximum atomic E-state index is 16.8. The second kappa shape index (κ2) is 11.0. The summed E-state index contributed by atoms with van der Waals surface area (Å²) in [5, 5.41) is 15.3. The van der Waals surface area contributed by atoms with Crippen molar-refractivity contribution >= 4 is 33.4 Å². The van der Waals surface area contributed by atoms with Gasteiger partial charge in [-0.3, -0.25) is 9.78 Å². The van der Waals surface area contributed by atoms with E-state index in [0.717, 1.165) is 32.2 Å². The zero-order valence-corrected chi connectivity index (χ0v) is 25.9. The van der Waals surface area contributed by atoms with Gasteiger partial charge in [-0.25, -0.2) is 8.78 Å². The number of nitrogens with zero attached hydrogens (tertiary/aromatic N) is 5. The van der Waals surface area contributed by atoms with Crippen molar-refractivity contribution in [1.82, 2.24) is 25.2 Å². The number of ether oxygens (including phenoxy) is 1. The van der Waals surface area contributed by atoms with Crippen LogP contribution in [0.25, 0.3) is 32.9 Å². The molecule has 0 unspecified atom stereocenters. The predicted molar refractivity (Wildman–Crippen MR) is 169 cm³/mol. The predicted octanol–water partition coefficient (Wildman–Crippen LogP) is 5.36. The molecule has 4 aliphatic rings. The van der Waals surface area contributed by atoms with Crippen LogP contribution in [0.4, 0.5) is 14.6 Å². The molecule has 2 N–H and O–H groups in total. The number of carbonyl (C=O) groups is 1. The van der Waals surface area contributed by atoms with Gasteiger partial charge in [0.1, 0.15) is 28.6 Å². The number of hydrogen-bond donors (Lipinski definition) is 2. The Morgan fingerprint density at radius 1 is 1.11 bits per heavy atom. The van der Waals surface area contributed by atoms with Crippen molar-refractivity contribution in [3.05, 3.63) is 47.7 Å². The number of halogens is 2. The van der Waals surface area contributed by atoms with Crippen LogP contribution in [0.15, 0.2) is 30.5 Å². The van der Waals surface area contributed by atoms with E-state index in [2.05, 4.69) is 25.1 Å². The first-order valence-corrected chi connectivity index (χ1v) is 15.7. The minimum absolute atomic E-state index is 0.00657. The van der Waals surface area contributed by atoms with Gasteiger partial charge in [0.15, 0.2) is 5.82 Å². The molecule has 45 heavy (non-hydrogen) atoms. The fraction of sp³-hybridized carbons (Fsp3) is 0.471. The van der Waals surface area contributed by atoms with Crippen molar-refractivity contribution < 1.29 is 23.4 Å². The fourth-order valence-electron chi connectivity index (χ4n) is 7.21. The van der Waals surface area contributed by atoms with Crippen LogP contribution in [0.2, 0.25) is 0 Å². The summed E-state index contributed by atoms with van der Waals surface area (Å²) < 4.78 is 38.5. The van der Waals surface area contributed by atoms with E-state index in [-0.39, 0.29) is 52.7 Å². The Hall–Kier alpha value is -4.12. The summed E-state index contributed by atoms with van der Waals surface area (Å²) in [4.78, 5) is 31.3. The van der Waals surface area contributed by atoms with Crippen molar-refractivity contribution in [2.75, 3.05) is 45.2 Å².